The van der Waals surface area contributed by atoms with Crippen molar-refractivity contribution in [3.63, 3.8) is 0 Å². The molecule has 0 aliphatic carbocycles. The number of carbonyl (C=O) groups excluding carboxylic acids is 1. The van der Waals surface area contributed by atoms with Crippen LogP contribution >= 0.6 is 0 Å². The molecule has 94 valence electrons. The van der Waals surface area contributed by atoms with Crippen LogP contribution in [0.25, 0.3) is 0 Å². The van der Waals surface area contributed by atoms with Gasteiger partial charge in [-0.15, -0.1) is 0 Å². The van der Waals surface area contributed by atoms with Crippen molar-refractivity contribution in [1.29, 1.82) is 5.26 Å². The highest BCUT2D eigenvalue weighted by Crippen LogP contribution is 2.15. The average molecular weight is 255 g/mol. The van der Waals surface area contributed by atoms with E-state index < -0.39 is 11.8 Å². The molecular formula is C15H10FNO2. The van der Waals surface area contributed by atoms with E-state index in [1.807, 2.05) is 0 Å². The zero-order chi connectivity index (χ0) is 13.7. The lowest BCUT2D eigenvalue weighted by atomic mass is 10.1. The molecule has 2 rings (SSSR count). The van der Waals surface area contributed by atoms with Gasteiger partial charge in [0.1, 0.15) is 17.6 Å². The molecule has 0 aliphatic rings. The summed E-state index contributed by atoms with van der Waals surface area (Å²) in [7, 11) is 0. The smallest absolute Gasteiger partial charge is 0.315 e. The van der Waals surface area contributed by atoms with Gasteiger partial charge in [-0.25, -0.2) is 4.39 Å². The number of ether oxygens (including phenoxy) is 1. The predicted molar refractivity (Wildman–Crippen MR) is 66.9 cm³/mol. The van der Waals surface area contributed by atoms with Gasteiger partial charge in [0.2, 0.25) is 0 Å². The standard InChI is InChI=1S/C15H10FNO2/c16-14-8-4-5-11(13(14)10-17)9-15(18)19-12-6-2-1-3-7-12/h1-8H,9H2. The number of nitriles is 1. The second-order valence-corrected chi connectivity index (χ2v) is 3.85. The van der Waals surface area contributed by atoms with Gasteiger partial charge < -0.3 is 4.74 Å². The molecule has 0 spiro atoms. The Bertz CT molecular complexity index is 632. The van der Waals surface area contributed by atoms with Crippen LogP contribution in [0.15, 0.2) is 48.5 Å². The van der Waals surface area contributed by atoms with Crippen molar-refractivity contribution in [1.82, 2.24) is 0 Å². The molecule has 19 heavy (non-hydrogen) atoms. The molecule has 0 N–H and O–H groups in total. The number of hydrogen-bond acceptors (Lipinski definition) is 3. The van der Waals surface area contributed by atoms with E-state index in [4.69, 9.17) is 10.00 Å². The van der Waals surface area contributed by atoms with Gasteiger partial charge in [-0.2, -0.15) is 5.26 Å². The van der Waals surface area contributed by atoms with Crippen LogP contribution in [-0.2, 0) is 11.2 Å². The Kier molecular flexibility index (Phi) is 3.89. The molecule has 0 saturated heterocycles. The summed E-state index contributed by atoms with van der Waals surface area (Å²) in [5.41, 5.74) is 0.205. The number of benzene rings is 2. The van der Waals surface area contributed by atoms with Crippen molar-refractivity contribution < 1.29 is 13.9 Å². The van der Waals surface area contributed by atoms with Gasteiger partial charge in [-0.05, 0) is 23.8 Å². The minimum Gasteiger partial charge on any atom is -0.426 e. The number of para-hydroxylation sites is 1. The third kappa shape index (κ3) is 3.17. The number of nitrogens with zero attached hydrogens (tertiary/aromatic N) is 1. The molecule has 0 saturated carbocycles. The van der Waals surface area contributed by atoms with Gasteiger partial charge in [-0.1, -0.05) is 30.3 Å². The molecule has 3 nitrogen and oxygen atoms in total. The van der Waals surface area contributed by atoms with Crippen molar-refractivity contribution in [2.75, 3.05) is 0 Å². The van der Waals surface area contributed by atoms with E-state index in [0.717, 1.165) is 0 Å². The largest absolute Gasteiger partial charge is 0.426 e. The van der Waals surface area contributed by atoms with Crippen LogP contribution in [0, 0.1) is 17.1 Å². The molecule has 0 atom stereocenters. The molecule has 2 aromatic rings. The Morgan fingerprint density at radius 1 is 1.16 bits per heavy atom. The maximum atomic E-state index is 13.4. The fourth-order valence-corrected chi connectivity index (χ4v) is 1.65. The fourth-order valence-electron chi connectivity index (χ4n) is 1.65. The Morgan fingerprint density at radius 3 is 2.58 bits per heavy atom. The monoisotopic (exact) mass is 255 g/mol. The lowest BCUT2D eigenvalue weighted by molar-refractivity contribution is -0.133. The van der Waals surface area contributed by atoms with Gasteiger partial charge in [0.15, 0.2) is 0 Å². The zero-order valence-electron chi connectivity index (χ0n) is 9.97. The zero-order valence-corrected chi connectivity index (χ0v) is 9.97. The predicted octanol–water partition coefficient (Wildman–Crippen LogP) is 2.85. The van der Waals surface area contributed by atoms with E-state index in [1.165, 1.54) is 18.2 Å². The number of halogens is 1. The van der Waals surface area contributed by atoms with Crippen molar-refractivity contribution in [2.45, 2.75) is 6.42 Å². The first-order valence-corrected chi connectivity index (χ1v) is 5.64. The number of carbonyl (C=O) groups is 1. The molecular weight excluding hydrogens is 245 g/mol. The van der Waals surface area contributed by atoms with Gasteiger partial charge >= 0.3 is 5.97 Å². The lowest BCUT2D eigenvalue weighted by Gasteiger charge is -2.05. The maximum absolute atomic E-state index is 13.4. The molecule has 0 amide bonds. The molecule has 4 heteroatoms. The summed E-state index contributed by atoms with van der Waals surface area (Å²) >= 11 is 0. The van der Waals surface area contributed by atoms with Crippen molar-refractivity contribution in [2.24, 2.45) is 0 Å². The summed E-state index contributed by atoms with van der Waals surface area (Å²) in [6.45, 7) is 0. The quantitative estimate of drug-likeness (QED) is 0.626. The fraction of sp³-hybridized carbons (Fsp3) is 0.0667. The SMILES string of the molecule is N#Cc1c(F)cccc1CC(=O)Oc1ccccc1. The van der Waals surface area contributed by atoms with Crippen LogP contribution < -0.4 is 4.74 Å². The normalized spacial score (nSPS) is 9.68. The summed E-state index contributed by atoms with van der Waals surface area (Å²) in [6.07, 6.45) is -0.143. The third-order valence-corrected chi connectivity index (χ3v) is 2.52. The Morgan fingerprint density at radius 2 is 1.89 bits per heavy atom. The summed E-state index contributed by atoms with van der Waals surface area (Å²) < 4.78 is 18.4. The van der Waals surface area contributed by atoms with Crippen molar-refractivity contribution >= 4 is 5.97 Å². The first-order chi connectivity index (χ1) is 9.20. The van der Waals surface area contributed by atoms with E-state index in [0.29, 0.717) is 11.3 Å². The first-order valence-electron chi connectivity index (χ1n) is 5.64. The molecule has 0 fully saturated rings. The van der Waals surface area contributed by atoms with Crippen molar-refractivity contribution in [3.8, 4) is 11.8 Å². The number of esters is 1. The second kappa shape index (κ2) is 5.78. The molecule has 0 bridgehead atoms. The molecule has 2 aromatic carbocycles. The van der Waals surface area contributed by atoms with Crippen LogP contribution in [0.2, 0.25) is 0 Å². The van der Waals surface area contributed by atoms with Crippen LogP contribution in [0.5, 0.6) is 5.75 Å². The van der Waals surface area contributed by atoms with Crippen molar-refractivity contribution in [3.05, 3.63) is 65.5 Å². The summed E-state index contributed by atoms with van der Waals surface area (Å²) in [5, 5.41) is 8.86. The summed E-state index contributed by atoms with van der Waals surface area (Å²) in [6, 6.07) is 14.5. The van der Waals surface area contributed by atoms with Crippen LogP contribution in [0.4, 0.5) is 4.39 Å². The number of hydrogen-bond donors (Lipinski definition) is 0. The second-order valence-electron chi connectivity index (χ2n) is 3.85. The lowest BCUT2D eigenvalue weighted by Crippen LogP contribution is -2.12. The van der Waals surface area contributed by atoms with Gasteiger partial charge in [0, 0.05) is 0 Å². The average Bonchev–Trinajstić information content (AvgIpc) is 2.40. The maximum Gasteiger partial charge on any atom is 0.315 e. The van der Waals surface area contributed by atoms with Crippen LogP contribution in [-0.4, -0.2) is 5.97 Å². The summed E-state index contributed by atoms with van der Waals surface area (Å²) in [5.74, 6) is -0.747. The molecule has 0 aromatic heterocycles. The molecule has 0 unspecified atom stereocenters. The Hall–Kier alpha value is -2.67. The highest BCUT2D eigenvalue weighted by molar-refractivity contribution is 5.76. The van der Waals surface area contributed by atoms with Gasteiger partial charge in [-0.3, -0.25) is 4.79 Å². The topological polar surface area (TPSA) is 50.1 Å². The van der Waals surface area contributed by atoms with Gasteiger partial charge in [0.05, 0.1) is 12.0 Å². The third-order valence-electron chi connectivity index (χ3n) is 2.52. The number of rotatable bonds is 3. The van der Waals surface area contributed by atoms with E-state index in [2.05, 4.69) is 0 Å². The van der Waals surface area contributed by atoms with Crippen LogP contribution in [0.1, 0.15) is 11.1 Å². The summed E-state index contributed by atoms with van der Waals surface area (Å²) in [4.78, 5) is 11.7. The highest BCUT2D eigenvalue weighted by Gasteiger charge is 2.13. The van der Waals surface area contributed by atoms with E-state index >= 15 is 0 Å². The van der Waals surface area contributed by atoms with E-state index in [-0.39, 0.29) is 12.0 Å². The van der Waals surface area contributed by atoms with Crippen LogP contribution in [0.3, 0.4) is 0 Å². The van der Waals surface area contributed by atoms with E-state index in [1.54, 1.807) is 36.4 Å². The molecule has 0 aliphatic heterocycles. The molecule has 0 radical (unpaired) electrons. The molecule has 0 heterocycles. The van der Waals surface area contributed by atoms with E-state index in [9.17, 15) is 9.18 Å². The minimum absolute atomic E-state index is 0.118. The van der Waals surface area contributed by atoms with Gasteiger partial charge in [0.25, 0.3) is 0 Å². The minimum atomic E-state index is -0.632. The Balaban J connectivity index is 2.12. The Labute approximate surface area is 109 Å². The first kappa shape index (κ1) is 12.8. The highest BCUT2D eigenvalue weighted by atomic mass is 19.1.